The number of furan rings is 1. The van der Waals surface area contributed by atoms with Crippen molar-refractivity contribution in [1.29, 1.82) is 0 Å². The molecular weight excluding hydrogens is 470 g/mol. The number of rotatable bonds is 8. The van der Waals surface area contributed by atoms with E-state index in [0.29, 0.717) is 27.3 Å². The number of nitrogens with one attached hydrogen (secondary N) is 1. The predicted molar refractivity (Wildman–Crippen MR) is 121 cm³/mol. The van der Waals surface area contributed by atoms with Crippen LogP contribution in [0.1, 0.15) is 5.76 Å². The summed E-state index contributed by atoms with van der Waals surface area (Å²) in [4.78, 5) is 22.6. The molecule has 1 amide bonds. The van der Waals surface area contributed by atoms with Crippen molar-refractivity contribution in [3.8, 4) is 17.0 Å². The Hall–Kier alpha value is -4.03. The molecule has 0 radical (unpaired) electrons. The molecule has 11 nitrogen and oxygen atoms in total. The van der Waals surface area contributed by atoms with Gasteiger partial charge in [0.1, 0.15) is 11.5 Å². The van der Waals surface area contributed by atoms with Crippen LogP contribution in [-0.4, -0.2) is 43.0 Å². The highest BCUT2D eigenvalue weighted by Gasteiger charge is 2.14. The SMILES string of the molecule is O=C(CSc1nnnn1-c1ccccc1)NN=Cc1ccc(-c2cc([N+](=O)[O-])ccc2Cl)o1. The Kier molecular flexibility index (Phi) is 6.76. The maximum Gasteiger partial charge on any atom is 0.270 e. The smallest absolute Gasteiger partial charge is 0.270 e. The maximum absolute atomic E-state index is 12.1. The van der Waals surface area contributed by atoms with Crippen LogP contribution in [0, 0.1) is 10.1 Å². The van der Waals surface area contributed by atoms with Crippen molar-refractivity contribution in [3.63, 3.8) is 0 Å². The number of halogens is 1. The zero-order valence-electron chi connectivity index (χ0n) is 16.7. The number of hydrazone groups is 1. The van der Waals surface area contributed by atoms with Crippen molar-refractivity contribution in [2.24, 2.45) is 5.10 Å². The van der Waals surface area contributed by atoms with Crippen LogP contribution >= 0.6 is 23.4 Å². The first-order chi connectivity index (χ1) is 16.0. The zero-order chi connectivity index (χ0) is 23.2. The van der Waals surface area contributed by atoms with Crippen molar-refractivity contribution in [3.05, 3.63) is 81.6 Å². The van der Waals surface area contributed by atoms with Gasteiger partial charge in [-0.15, -0.1) is 5.10 Å². The van der Waals surface area contributed by atoms with Gasteiger partial charge in [-0.2, -0.15) is 9.78 Å². The van der Waals surface area contributed by atoms with Gasteiger partial charge in [-0.25, -0.2) is 5.43 Å². The average Bonchev–Trinajstić information content (AvgIpc) is 3.48. The number of thioether (sulfide) groups is 1. The highest BCUT2D eigenvalue weighted by molar-refractivity contribution is 7.99. The first-order valence-corrected chi connectivity index (χ1v) is 10.7. The number of aromatic nitrogens is 4. The molecule has 0 atom stereocenters. The summed E-state index contributed by atoms with van der Waals surface area (Å²) in [6, 6.07) is 16.6. The van der Waals surface area contributed by atoms with Gasteiger partial charge in [0.2, 0.25) is 5.16 Å². The summed E-state index contributed by atoms with van der Waals surface area (Å²) in [6.45, 7) is 0. The summed E-state index contributed by atoms with van der Waals surface area (Å²) < 4.78 is 7.14. The molecule has 0 fully saturated rings. The molecule has 0 aliphatic rings. The van der Waals surface area contributed by atoms with Crippen molar-refractivity contribution >= 4 is 41.2 Å². The standard InChI is InChI=1S/C20H14ClN7O4S/c21-17-8-6-14(28(30)31)10-16(17)18-9-7-15(32-18)11-22-23-19(29)12-33-20-24-25-26-27(20)13-4-2-1-3-5-13/h1-11H,12H2,(H,23,29). The molecule has 0 saturated heterocycles. The average molecular weight is 484 g/mol. The third-order valence-electron chi connectivity index (χ3n) is 4.21. The Labute approximate surface area is 195 Å². The molecule has 0 unspecified atom stereocenters. The summed E-state index contributed by atoms with van der Waals surface area (Å²) in [7, 11) is 0. The van der Waals surface area contributed by atoms with Crippen LogP contribution in [0.3, 0.4) is 0 Å². The number of non-ortho nitro benzene ring substituents is 1. The minimum Gasteiger partial charge on any atom is -0.455 e. The van der Waals surface area contributed by atoms with Crippen LogP contribution in [-0.2, 0) is 4.79 Å². The number of nitrogens with zero attached hydrogens (tertiary/aromatic N) is 6. The third-order valence-corrected chi connectivity index (χ3v) is 5.46. The molecule has 0 bridgehead atoms. The minimum absolute atomic E-state index is 0.0389. The number of benzene rings is 2. The van der Waals surface area contributed by atoms with Gasteiger partial charge in [-0.05, 0) is 40.8 Å². The van der Waals surface area contributed by atoms with Gasteiger partial charge in [0.15, 0.2) is 0 Å². The Balaban J connectivity index is 1.34. The highest BCUT2D eigenvalue weighted by atomic mass is 35.5. The topological polar surface area (TPSA) is 141 Å². The van der Waals surface area contributed by atoms with Gasteiger partial charge in [0.05, 0.1) is 27.6 Å². The zero-order valence-corrected chi connectivity index (χ0v) is 18.2. The quantitative estimate of drug-likeness (QED) is 0.173. The number of nitro groups is 1. The van der Waals surface area contributed by atoms with Crippen LogP contribution in [0.5, 0.6) is 0 Å². The van der Waals surface area contributed by atoms with E-state index in [4.69, 9.17) is 16.0 Å². The molecule has 0 aliphatic carbocycles. The summed E-state index contributed by atoms with van der Waals surface area (Å²) >= 11 is 7.28. The Morgan fingerprint density at radius 1 is 1.24 bits per heavy atom. The van der Waals surface area contributed by atoms with Crippen molar-refractivity contribution in [2.75, 3.05) is 5.75 Å². The number of carbonyl (C=O) groups is 1. The fourth-order valence-electron chi connectivity index (χ4n) is 2.71. The molecule has 166 valence electrons. The van der Waals surface area contributed by atoms with Gasteiger partial charge in [0, 0.05) is 17.7 Å². The molecule has 2 heterocycles. The monoisotopic (exact) mass is 483 g/mol. The van der Waals surface area contributed by atoms with E-state index in [1.54, 1.807) is 12.1 Å². The number of amides is 1. The van der Waals surface area contributed by atoms with Gasteiger partial charge >= 0.3 is 0 Å². The second-order valence-electron chi connectivity index (χ2n) is 6.41. The van der Waals surface area contributed by atoms with E-state index in [9.17, 15) is 14.9 Å². The second kappa shape index (κ2) is 10.1. The molecule has 1 N–H and O–H groups in total. The fraction of sp³-hybridized carbons (Fsp3) is 0.0500. The number of carbonyl (C=O) groups excluding carboxylic acids is 1. The van der Waals surface area contributed by atoms with Gasteiger partial charge in [-0.1, -0.05) is 41.6 Å². The van der Waals surface area contributed by atoms with E-state index < -0.39 is 4.92 Å². The van der Waals surface area contributed by atoms with Crippen molar-refractivity contribution < 1.29 is 14.1 Å². The number of para-hydroxylation sites is 1. The van der Waals surface area contributed by atoms with Crippen LogP contribution in [0.4, 0.5) is 5.69 Å². The van der Waals surface area contributed by atoms with E-state index in [0.717, 1.165) is 17.4 Å². The molecular formula is C20H14ClN7O4S. The predicted octanol–water partition coefficient (Wildman–Crippen LogP) is 3.73. The summed E-state index contributed by atoms with van der Waals surface area (Å²) in [5.41, 5.74) is 3.44. The van der Waals surface area contributed by atoms with Crippen molar-refractivity contribution in [1.82, 2.24) is 25.6 Å². The lowest BCUT2D eigenvalue weighted by molar-refractivity contribution is -0.384. The Morgan fingerprint density at radius 2 is 2.06 bits per heavy atom. The van der Waals surface area contributed by atoms with Crippen molar-refractivity contribution in [2.45, 2.75) is 5.16 Å². The van der Waals surface area contributed by atoms with Crippen LogP contribution in [0.15, 0.2) is 75.3 Å². The fourth-order valence-corrected chi connectivity index (χ4v) is 3.61. The van der Waals surface area contributed by atoms with Gasteiger partial charge < -0.3 is 4.42 Å². The van der Waals surface area contributed by atoms with E-state index in [1.807, 2.05) is 30.3 Å². The van der Waals surface area contributed by atoms with E-state index in [-0.39, 0.29) is 17.3 Å². The molecule has 0 spiro atoms. The molecule has 13 heteroatoms. The summed E-state index contributed by atoms with van der Waals surface area (Å²) in [5.74, 6) is 0.331. The largest absolute Gasteiger partial charge is 0.455 e. The molecule has 33 heavy (non-hydrogen) atoms. The molecule has 2 aromatic carbocycles. The normalized spacial score (nSPS) is 11.1. The van der Waals surface area contributed by atoms with E-state index in [2.05, 4.69) is 26.1 Å². The lowest BCUT2D eigenvalue weighted by Crippen LogP contribution is -2.19. The minimum atomic E-state index is -0.517. The summed E-state index contributed by atoms with van der Waals surface area (Å²) in [5, 5.41) is 27.1. The lowest BCUT2D eigenvalue weighted by atomic mass is 10.1. The first-order valence-electron chi connectivity index (χ1n) is 9.34. The Morgan fingerprint density at radius 3 is 2.85 bits per heavy atom. The van der Waals surface area contributed by atoms with Gasteiger partial charge in [-0.3, -0.25) is 14.9 Å². The molecule has 2 aromatic heterocycles. The molecule has 0 saturated carbocycles. The second-order valence-corrected chi connectivity index (χ2v) is 7.76. The van der Waals surface area contributed by atoms with E-state index in [1.165, 1.54) is 29.1 Å². The lowest BCUT2D eigenvalue weighted by Gasteiger charge is -2.03. The number of nitro benzene ring substituents is 1. The number of hydrogen-bond donors (Lipinski definition) is 1. The first kappa shape index (κ1) is 22.2. The molecule has 4 aromatic rings. The van der Waals surface area contributed by atoms with Gasteiger partial charge in [0.25, 0.3) is 11.6 Å². The number of hydrogen-bond acceptors (Lipinski definition) is 9. The maximum atomic E-state index is 12.1. The van der Waals surface area contributed by atoms with E-state index >= 15 is 0 Å². The van der Waals surface area contributed by atoms with Crippen LogP contribution in [0.25, 0.3) is 17.0 Å². The molecule has 4 rings (SSSR count). The Bertz CT molecular complexity index is 1320. The van der Waals surface area contributed by atoms with Crippen LogP contribution < -0.4 is 5.43 Å². The summed E-state index contributed by atoms with van der Waals surface area (Å²) in [6.07, 6.45) is 1.31. The molecule has 0 aliphatic heterocycles. The third kappa shape index (κ3) is 5.42. The highest BCUT2D eigenvalue weighted by Crippen LogP contribution is 2.32. The van der Waals surface area contributed by atoms with Crippen LogP contribution in [0.2, 0.25) is 5.02 Å². The number of tetrazole rings is 1.